The van der Waals surface area contributed by atoms with Crippen molar-refractivity contribution < 1.29 is 18.3 Å². The average Bonchev–Trinajstić information content (AvgIpc) is 3.13. The summed E-state index contributed by atoms with van der Waals surface area (Å²) in [5, 5.41) is 13.5. The van der Waals surface area contributed by atoms with E-state index in [1.807, 2.05) is 13.8 Å². The smallest absolute Gasteiger partial charge is 0.277 e. The maximum Gasteiger partial charge on any atom is 0.277 e. The number of hydrogen-bond donors (Lipinski definition) is 3. The highest BCUT2D eigenvalue weighted by molar-refractivity contribution is 7.89. The average molecular weight is 519 g/mol. The van der Waals surface area contributed by atoms with Crippen LogP contribution in [-0.2, 0) is 16.4 Å². The fourth-order valence-corrected chi connectivity index (χ4v) is 5.69. The second-order valence-corrected chi connectivity index (χ2v) is 10.7. The summed E-state index contributed by atoms with van der Waals surface area (Å²) < 4.78 is 36.4. The quantitative estimate of drug-likeness (QED) is 0.306. The lowest BCUT2D eigenvalue weighted by Gasteiger charge is -2.39. The largest absolute Gasteiger partial charge is 0.493 e. The molecule has 3 N–H and O–H groups in total. The summed E-state index contributed by atoms with van der Waals surface area (Å²) in [6, 6.07) is 4.39. The predicted octanol–water partition coefficient (Wildman–Crippen LogP) is 1.48. The molecule has 0 atom stereocenters. The number of rotatable bonds is 12. The van der Waals surface area contributed by atoms with E-state index in [4.69, 9.17) is 9.84 Å². The minimum Gasteiger partial charge on any atom is -0.493 e. The number of nitrogens with zero attached hydrogens (tertiary/aromatic N) is 4. The number of aliphatic hydroxyl groups excluding tert-OH is 1. The van der Waals surface area contributed by atoms with E-state index in [0.717, 1.165) is 25.8 Å². The number of fused-ring (bicyclic) bond motifs is 1. The molecule has 0 bridgehead atoms. The van der Waals surface area contributed by atoms with E-state index in [1.165, 1.54) is 12.1 Å². The van der Waals surface area contributed by atoms with Gasteiger partial charge in [-0.25, -0.2) is 22.6 Å². The van der Waals surface area contributed by atoms with Crippen LogP contribution in [0.5, 0.6) is 5.75 Å². The van der Waals surface area contributed by atoms with Gasteiger partial charge in [0, 0.05) is 32.2 Å². The van der Waals surface area contributed by atoms with Crippen LogP contribution < -0.4 is 15.0 Å². The molecule has 0 unspecified atom stereocenters. The van der Waals surface area contributed by atoms with E-state index in [2.05, 4.69) is 24.7 Å². The Morgan fingerprint density at radius 2 is 2.03 bits per heavy atom. The third kappa shape index (κ3) is 5.46. The second kappa shape index (κ2) is 11.1. The van der Waals surface area contributed by atoms with Crippen molar-refractivity contribution in [2.24, 2.45) is 0 Å². The Bertz CT molecular complexity index is 1380. The molecule has 3 heterocycles. The van der Waals surface area contributed by atoms with Crippen LogP contribution in [0.3, 0.4) is 0 Å². The number of unbranched alkanes of at least 4 members (excludes halogenated alkanes) is 1. The molecule has 1 fully saturated rings. The SMILES string of the molecule is CCCc1nc(C)c2c(=O)[nH]c(-c3cc(S(=O)(=O)NC4CN(CCCCO)C4)ccc3OCC)nn12. The number of nitrogens with one attached hydrogen (secondary N) is 2. The number of hydrogen-bond acceptors (Lipinski definition) is 8. The molecule has 11 nitrogen and oxygen atoms in total. The van der Waals surface area contributed by atoms with Gasteiger partial charge in [-0.15, -0.1) is 5.10 Å². The number of sulfonamides is 1. The Morgan fingerprint density at radius 3 is 2.72 bits per heavy atom. The Hall–Kier alpha value is -2.80. The normalized spacial score (nSPS) is 14.9. The number of imidazole rings is 1. The number of aryl methyl sites for hydroxylation is 2. The van der Waals surface area contributed by atoms with Gasteiger partial charge in [0.15, 0.2) is 11.3 Å². The van der Waals surface area contributed by atoms with Crippen LogP contribution in [0.25, 0.3) is 16.9 Å². The molecule has 1 saturated heterocycles. The molecule has 0 radical (unpaired) electrons. The van der Waals surface area contributed by atoms with E-state index in [1.54, 1.807) is 17.5 Å². The number of aromatic nitrogens is 4. The van der Waals surface area contributed by atoms with Gasteiger partial charge in [-0.3, -0.25) is 4.79 Å². The molecular weight excluding hydrogens is 484 g/mol. The highest BCUT2D eigenvalue weighted by atomic mass is 32.2. The van der Waals surface area contributed by atoms with Gasteiger partial charge in [-0.2, -0.15) is 0 Å². The Morgan fingerprint density at radius 1 is 1.25 bits per heavy atom. The van der Waals surface area contributed by atoms with Crippen LogP contribution in [0.2, 0.25) is 0 Å². The molecule has 4 rings (SSSR count). The molecule has 36 heavy (non-hydrogen) atoms. The zero-order valence-electron chi connectivity index (χ0n) is 21.0. The van der Waals surface area contributed by atoms with Crippen molar-refractivity contribution >= 4 is 15.5 Å². The van der Waals surface area contributed by atoms with Crippen molar-refractivity contribution in [1.82, 2.24) is 29.2 Å². The van der Waals surface area contributed by atoms with Gasteiger partial charge in [0.25, 0.3) is 5.56 Å². The van der Waals surface area contributed by atoms with Gasteiger partial charge in [-0.1, -0.05) is 6.92 Å². The van der Waals surface area contributed by atoms with Gasteiger partial charge < -0.3 is 19.7 Å². The molecule has 1 aliphatic rings. The molecule has 3 aromatic rings. The Labute approximate surface area is 210 Å². The molecule has 0 saturated carbocycles. The molecule has 196 valence electrons. The van der Waals surface area contributed by atoms with Gasteiger partial charge in [-0.05, 0) is 57.9 Å². The fraction of sp³-hybridized carbons (Fsp3) is 0.542. The highest BCUT2D eigenvalue weighted by Crippen LogP contribution is 2.30. The zero-order valence-corrected chi connectivity index (χ0v) is 21.8. The van der Waals surface area contributed by atoms with Crippen molar-refractivity contribution in [1.29, 1.82) is 0 Å². The first-order valence-corrected chi connectivity index (χ1v) is 13.9. The number of likely N-dealkylation sites (tertiary alicyclic amines) is 1. The summed E-state index contributed by atoms with van der Waals surface area (Å²) >= 11 is 0. The van der Waals surface area contributed by atoms with Crippen LogP contribution in [0, 0.1) is 6.92 Å². The molecule has 1 aliphatic heterocycles. The molecule has 0 aliphatic carbocycles. The summed E-state index contributed by atoms with van der Waals surface area (Å²) in [7, 11) is -3.81. The third-order valence-corrected chi connectivity index (χ3v) is 7.71. The van der Waals surface area contributed by atoms with E-state index in [0.29, 0.717) is 54.5 Å². The van der Waals surface area contributed by atoms with E-state index in [9.17, 15) is 13.2 Å². The number of aromatic amines is 1. The lowest BCUT2D eigenvalue weighted by molar-refractivity contribution is 0.135. The second-order valence-electron chi connectivity index (χ2n) is 9.03. The van der Waals surface area contributed by atoms with Gasteiger partial charge in [0.2, 0.25) is 10.0 Å². The van der Waals surface area contributed by atoms with E-state index >= 15 is 0 Å². The van der Waals surface area contributed by atoms with Crippen LogP contribution in [0.1, 0.15) is 44.6 Å². The maximum absolute atomic E-state index is 13.2. The lowest BCUT2D eigenvalue weighted by Crippen LogP contribution is -2.59. The molecule has 12 heteroatoms. The molecule has 0 spiro atoms. The van der Waals surface area contributed by atoms with E-state index in [-0.39, 0.29) is 28.9 Å². The highest BCUT2D eigenvalue weighted by Gasteiger charge is 2.31. The Balaban J connectivity index is 1.65. The minimum absolute atomic E-state index is 0.0676. The van der Waals surface area contributed by atoms with Crippen molar-refractivity contribution in [3.8, 4) is 17.1 Å². The first-order valence-electron chi connectivity index (χ1n) is 12.4. The van der Waals surface area contributed by atoms with Gasteiger partial charge in [0.05, 0.1) is 22.8 Å². The summed E-state index contributed by atoms with van der Waals surface area (Å²) in [5.74, 6) is 1.31. The molecule has 0 amide bonds. The van der Waals surface area contributed by atoms with Crippen LogP contribution in [-0.4, -0.2) is 76.9 Å². The molecule has 1 aromatic carbocycles. The lowest BCUT2D eigenvalue weighted by atomic mass is 10.1. The van der Waals surface area contributed by atoms with E-state index < -0.39 is 10.0 Å². The van der Waals surface area contributed by atoms with Gasteiger partial charge >= 0.3 is 0 Å². The van der Waals surface area contributed by atoms with Crippen molar-refractivity contribution in [3.05, 3.63) is 40.1 Å². The van der Waals surface area contributed by atoms with Gasteiger partial charge in [0.1, 0.15) is 11.6 Å². The summed E-state index contributed by atoms with van der Waals surface area (Å²) in [4.78, 5) is 22.4. The fourth-order valence-electron chi connectivity index (χ4n) is 4.45. The predicted molar refractivity (Wildman–Crippen MR) is 136 cm³/mol. The van der Waals surface area contributed by atoms with Crippen molar-refractivity contribution in [3.63, 3.8) is 0 Å². The maximum atomic E-state index is 13.2. The third-order valence-electron chi connectivity index (χ3n) is 6.19. The molecular formula is C24H34N6O5S. The monoisotopic (exact) mass is 518 g/mol. The van der Waals surface area contributed by atoms with Crippen LogP contribution in [0.15, 0.2) is 27.9 Å². The number of aliphatic hydroxyl groups is 1. The summed E-state index contributed by atoms with van der Waals surface area (Å²) in [6.45, 7) is 8.23. The number of ether oxygens (including phenoxy) is 1. The minimum atomic E-state index is -3.81. The summed E-state index contributed by atoms with van der Waals surface area (Å²) in [6.07, 6.45) is 3.11. The summed E-state index contributed by atoms with van der Waals surface area (Å²) in [5.41, 5.74) is 0.998. The Kier molecular flexibility index (Phi) is 8.08. The number of benzene rings is 1. The van der Waals surface area contributed by atoms with Crippen LogP contribution in [0.4, 0.5) is 0 Å². The topological polar surface area (TPSA) is 142 Å². The standard InChI is InChI=1S/C24H34N6O5S/c1-4-8-21-25-16(3)22-24(32)26-23(27-30(21)22)19-13-18(9-10-20(19)35-5-2)36(33,34)28-17-14-29(15-17)11-6-7-12-31/h9-10,13,17,28,31H,4-8,11-12,14-15H2,1-3H3,(H,26,27,32). The number of H-pyrrole nitrogens is 1. The van der Waals surface area contributed by atoms with Crippen LogP contribution >= 0.6 is 0 Å². The first kappa shape index (κ1) is 26.3. The zero-order chi connectivity index (χ0) is 25.9. The first-order chi connectivity index (χ1) is 17.3. The molecule has 2 aromatic heterocycles. The van der Waals surface area contributed by atoms with Crippen molar-refractivity contribution in [2.75, 3.05) is 32.8 Å². The van der Waals surface area contributed by atoms with Crippen molar-refractivity contribution in [2.45, 2.75) is 57.4 Å².